The maximum absolute atomic E-state index is 12.6. The van der Waals surface area contributed by atoms with Crippen molar-refractivity contribution in [2.75, 3.05) is 26.7 Å². The number of hydrogen-bond donors (Lipinski definition) is 0. The lowest BCUT2D eigenvalue weighted by molar-refractivity contribution is -0.133. The number of carbonyl (C=O) groups excluding carboxylic acids is 1. The fourth-order valence-electron chi connectivity index (χ4n) is 3.16. The van der Waals surface area contributed by atoms with Gasteiger partial charge in [0, 0.05) is 49.0 Å². The largest absolute Gasteiger partial charge is 0.341 e. The van der Waals surface area contributed by atoms with Crippen molar-refractivity contribution in [1.29, 1.82) is 0 Å². The summed E-state index contributed by atoms with van der Waals surface area (Å²) in [6.07, 6.45) is 7.73. The van der Waals surface area contributed by atoms with E-state index in [0.29, 0.717) is 12.5 Å². The van der Waals surface area contributed by atoms with Crippen LogP contribution in [-0.4, -0.2) is 52.4 Å². The molecule has 24 heavy (non-hydrogen) atoms. The highest BCUT2D eigenvalue weighted by molar-refractivity contribution is 7.11. The molecular formula is C18H24N4OS. The molecule has 128 valence electrons. The zero-order valence-corrected chi connectivity index (χ0v) is 15.1. The summed E-state index contributed by atoms with van der Waals surface area (Å²) in [6, 6.07) is 3.96. The van der Waals surface area contributed by atoms with Crippen LogP contribution < -0.4 is 0 Å². The molecule has 0 radical (unpaired) electrons. The van der Waals surface area contributed by atoms with Crippen molar-refractivity contribution in [1.82, 2.24) is 19.8 Å². The summed E-state index contributed by atoms with van der Waals surface area (Å²) in [7, 11) is 1.98. The van der Waals surface area contributed by atoms with E-state index < -0.39 is 0 Å². The van der Waals surface area contributed by atoms with Crippen molar-refractivity contribution >= 4 is 17.2 Å². The number of carbonyl (C=O) groups is 1. The first-order valence-electron chi connectivity index (χ1n) is 8.39. The number of hydrogen-bond acceptors (Lipinski definition) is 5. The lowest BCUT2D eigenvalue weighted by atomic mass is 9.98. The second kappa shape index (κ2) is 7.85. The first-order valence-corrected chi connectivity index (χ1v) is 9.21. The Morgan fingerprint density at radius 2 is 2.33 bits per heavy atom. The number of piperidine rings is 1. The minimum absolute atomic E-state index is 0.208. The molecule has 1 fully saturated rings. The fraction of sp³-hybridized carbons (Fsp3) is 0.500. The van der Waals surface area contributed by atoms with Gasteiger partial charge in [-0.15, -0.1) is 11.3 Å². The van der Waals surface area contributed by atoms with Gasteiger partial charge in [-0.1, -0.05) is 6.07 Å². The molecule has 1 aliphatic rings. The standard InChI is InChI=1S/C18H24N4OS/c1-14-9-20-18(24-14)16-6-4-8-22(12-16)17(23)13-21(2)11-15-5-3-7-19-10-15/h3,5,7,9-10,16H,4,6,8,11-13H2,1-2H3/t16-/m0/s1. The zero-order valence-electron chi connectivity index (χ0n) is 14.3. The van der Waals surface area contributed by atoms with Gasteiger partial charge in [-0.3, -0.25) is 14.7 Å². The van der Waals surface area contributed by atoms with Gasteiger partial charge in [0.15, 0.2) is 0 Å². The molecular weight excluding hydrogens is 320 g/mol. The van der Waals surface area contributed by atoms with Crippen molar-refractivity contribution in [3.05, 3.63) is 46.2 Å². The predicted molar refractivity (Wildman–Crippen MR) is 96.0 cm³/mol. The normalized spacial score (nSPS) is 18.1. The molecule has 1 atom stereocenters. The fourth-order valence-corrected chi connectivity index (χ4v) is 4.06. The van der Waals surface area contributed by atoms with E-state index in [9.17, 15) is 4.79 Å². The Balaban J connectivity index is 1.54. The molecule has 5 nitrogen and oxygen atoms in total. The third-order valence-corrected chi connectivity index (χ3v) is 5.42. The Hall–Kier alpha value is -1.79. The van der Waals surface area contributed by atoms with Gasteiger partial charge >= 0.3 is 0 Å². The van der Waals surface area contributed by atoms with Crippen molar-refractivity contribution in [3.8, 4) is 0 Å². The van der Waals surface area contributed by atoms with Gasteiger partial charge in [-0.2, -0.15) is 0 Å². The predicted octanol–water partition coefficient (Wildman–Crippen LogP) is 2.68. The summed E-state index contributed by atoms with van der Waals surface area (Å²) < 4.78 is 0. The van der Waals surface area contributed by atoms with E-state index in [2.05, 4.69) is 21.8 Å². The Morgan fingerprint density at radius 1 is 1.46 bits per heavy atom. The number of likely N-dealkylation sites (N-methyl/N-ethyl adjacent to an activating group) is 1. The van der Waals surface area contributed by atoms with E-state index in [-0.39, 0.29) is 5.91 Å². The number of thiazole rings is 1. The second-order valence-corrected chi connectivity index (χ2v) is 7.79. The van der Waals surface area contributed by atoms with E-state index >= 15 is 0 Å². The molecule has 0 aromatic carbocycles. The number of likely N-dealkylation sites (tertiary alicyclic amines) is 1. The lowest BCUT2D eigenvalue weighted by Crippen LogP contribution is -2.43. The first-order chi connectivity index (χ1) is 11.6. The molecule has 0 spiro atoms. The van der Waals surface area contributed by atoms with Gasteiger partial charge in [0.2, 0.25) is 5.91 Å². The average molecular weight is 344 g/mol. The van der Waals surface area contributed by atoms with Crippen LogP contribution in [0.4, 0.5) is 0 Å². The van der Waals surface area contributed by atoms with Gasteiger partial charge < -0.3 is 4.90 Å². The molecule has 1 amide bonds. The Kier molecular flexibility index (Phi) is 5.58. The third kappa shape index (κ3) is 4.39. The van der Waals surface area contributed by atoms with Crippen LogP contribution in [0.3, 0.4) is 0 Å². The van der Waals surface area contributed by atoms with Crippen LogP contribution in [0.2, 0.25) is 0 Å². The molecule has 6 heteroatoms. The Labute approximate surface area is 147 Å². The van der Waals surface area contributed by atoms with Gasteiger partial charge in [0.25, 0.3) is 0 Å². The summed E-state index contributed by atoms with van der Waals surface area (Å²) >= 11 is 1.76. The molecule has 1 saturated heterocycles. The zero-order chi connectivity index (χ0) is 16.9. The summed E-state index contributed by atoms with van der Waals surface area (Å²) in [6.45, 7) is 4.92. The van der Waals surface area contributed by atoms with E-state index in [1.54, 1.807) is 17.5 Å². The maximum Gasteiger partial charge on any atom is 0.236 e. The van der Waals surface area contributed by atoms with Crippen molar-refractivity contribution in [2.45, 2.75) is 32.2 Å². The molecule has 2 aromatic heterocycles. The van der Waals surface area contributed by atoms with Gasteiger partial charge in [0.1, 0.15) is 0 Å². The highest BCUT2D eigenvalue weighted by Gasteiger charge is 2.26. The number of aryl methyl sites for hydroxylation is 1. The van der Waals surface area contributed by atoms with E-state index in [0.717, 1.165) is 38.0 Å². The number of rotatable bonds is 5. The Morgan fingerprint density at radius 3 is 3.04 bits per heavy atom. The third-order valence-electron chi connectivity index (χ3n) is 4.34. The van der Waals surface area contributed by atoms with Crippen LogP contribution in [0.25, 0.3) is 0 Å². The van der Waals surface area contributed by atoms with Crippen LogP contribution in [0, 0.1) is 6.92 Å². The van der Waals surface area contributed by atoms with Crippen molar-refractivity contribution < 1.29 is 4.79 Å². The lowest BCUT2D eigenvalue weighted by Gasteiger charge is -2.33. The highest BCUT2D eigenvalue weighted by atomic mass is 32.1. The molecule has 0 N–H and O–H groups in total. The van der Waals surface area contributed by atoms with Gasteiger partial charge in [0.05, 0.1) is 11.6 Å². The topological polar surface area (TPSA) is 49.3 Å². The number of pyridine rings is 1. The second-order valence-electron chi connectivity index (χ2n) is 6.52. The van der Waals surface area contributed by atoms with E-state index in [1.807, 2.05) is 36.5 Å². The summed E-state index contributed by atoms with van der Waals surface area (Å²) in [5.41, 5.74) is 1.13. The molecule has 0 unspecified atom stereocenters. The molecule has 3 rings (SSSR count). The Bertz CT molecular complexity index is 673. The van der Waals surface area contributed by atoms with E-state index in [1.165, 1.54) is 9.88 Å². The molecule has 2 aromatic rings. The van der Waals surface area contributed by atoms with E-state index in [4.69, 9.17) is 0 Å². The van der Waals surface area contributed by atoms with Crippen LogP contribution in [0.1, 0.15) is 34.2 Å². The van der Waals surface area contributed by atoms with Crippen LogP contribution in [0.15, 0.2) is 30.7 Å². The number of amides is 1. The molecule has 1 aliphatic heterocycles. The van der Waals surface area contributed by atoms with Crippen molar-refractivity contribution in [2.24, 2.45) is 0 Å². The van der Waals surface area contributed by atoms with Crippen LogP contribution in [0.5, 0.6) is 0 Å². The summed E-state index contributed by atoms with van der Waals surface area (Å²) in [5, 5.41) is 1.17. The minimum Gasteiger partial charge on any atom is -0.341 e. The monoisotopic (exact) mass is 344 g/mol. The van der Waals surface area contributed by atoms with Gasteiger partial charge in [-0.05, 0) is 38.4 Å². The molecule has 0 aliphatic carbocycles. The van der Waals surface area contributed by atoms with Gasteiger partial charge in [-0.25, -0.2) is 4.98 Å². The summed E-state index contributed by atoms with van der Waals surface area (Å²) in [5.74, 6) is 0.601. The molecule has 0 saturated carbocycles. The highest BCUT2D eigenvalue weighted by Crippen LogP contribution is 2.29. The summed E-state index contributed by atoms with van der Waals surface area (Å²) in [4.78, 5) is 26.6. The number of nitrogens with zero attached hydrogens (tertiary/aromatic N) is 4. The SMILES string of the molecule is Cc1cnc([C@H]2CCCN(C(=O)CN(C)Cc3cccnc3)C2)s1. The quantitative estimate of drug-likeness (QED) is 0.837. The molecule has 0 bridgehead atoms. The van der Waals surface area contributed by atoms with Crippen molar-refractivity contribution in [3.63, 3.8) is 0 Å². The average Bonchev–Trinajstić information content (AvgIpc) is 3.02. The van der Waals surface area contributed by atoms with Crippen LogP contribution in [-0.2, 0) is 11.3 Å². The maximum atomic E-state index is 12.6. The molecule has 3 heterocycles. The number of aromatic nitrogens is 2. The minimum atomic E-state index is 0.208. The first kappa shape index (κ1) is 17.0. The van der Waals surface area contributed by atoms with Crippen LogP contribution >= 0.6 is 11.3 Å². The smallest absolute Gasteiger partial charge is 0.236 e.